The average molecular weight is 409 g/mol. The van der Waals surface area contributed by atoms with Crippen LogP contribution in [-0.4, -0.2) is 17.4 Å². The molecule has 26 heavy (non-hydrogen) atoms. The van der Waals surface area contributed by atoms with Crippen molar-refractivity contribution in [2.24, 2.45) is 0 Å². The highest BCUT2D eigenvalue weighted by Gasteiger charge is 2.34. The summed E-state index contributed by atoms with van der Waals surface area (Å²) in [4.78, 5) is 22.0. The molecule has 0 saturated carbocycles. The zero-order valence-electron chi connectivity index (χ0n) is 12.6. The van der Waals surface area contributed by atoms with Crippen LogP contribution in [0.1, 0.15) is 5.56 Å². The first kappa shape index (κ1) is 19.8. The maximum Gasteiger partial charge on any atom is 0.418 e. The number of hydrogen-bond donors (Lipinski definition) is 1. The molecule has 2 aromatic carbocycles. The number of carbonyl (C=O) groups is 1. The zero-order chi connectivity index (χ0) is 19.5. The molecule has 0 radical (unpaired) electrons. The molecule has 6 nitrogen and oxygen atoms in total. The standard InChI is InChI=1S/C15H9Cl2F3N2O4/c16-8-1-3-11(10(5-8)15(18,19)20)21-14(23)7-26-13-4-2-9(17)6-12(13)22(24)25/h1-6H,7H2,(H,21,23). The van der Waals surface area contributed by atoms with Gasteiger partial charge in [0.2, 0.25) is 0 Å². The maximum absolute atomic E-state index is 13.0. The SMILES string of the molecule is O=C(COc1ccc(Cl)cc1[N+](=O)[O-])Nc1ccc(Cl)cc1C(F)(F)F. The Morgan fingerprint density at radius 3 is 2.38 bits per heavy atom. The quantitative estimate of drug-likeness (QED) is 0.561. The summed E-state index contributed by atoms with van der Waals surface area (Å²) in [6, 6.07) is 6.35. The van der Waals surface area contributed by atoms with Crippen molar-refractivity contribution in [2.45, 2.75) is 6.18 Å². The minimum Gasteiger partial charge on any atom is -0.477 e. The fourth-order valence-electron chi connectivity index (χ4n) is 1.94. The van der Waals surface area contributed by atoms with Gasteiger partial charge in [0.25, 0.3) is 5.91 Å². The number of nitrogens with one attached hydrogen (secondary N) is 1. The summed E-state index contributed by atoms with van der Waals surface area (Å²) in [5.74, 6) is -1.19. The number of anilines is 1. The Kier molecular flexibility index (Phi) is 5.94. The Bertz CT molecular complexity index is 859. The number of nitrogens with zero attached hydrogens (tertiary/aromatic N) is 1. The van der Waals surface area contributed by atoms with Crippen molar-refractivity contribution >= 4 is 40.5 Å². The molecule has 0 fully saturated rings. The van der Waals surface area contributed by atoms with Gasteiger partial charge in [0.15, 0.2) is 12.4 Å². The Labute approximate surface area is 154 Å². The lowest BCUT2D eigenvalue weighted by molar-refractivity contribution is -0.385. The van der Waals surface area contributed by atoms with E-state index in [0.29, 0.717) is 6.07 Å². The van der Waals surface area contributed by atoms with Crippen LogP contribution in [0.2, 0.25) is 10.0 Å². The van der Waals surface area contributed by atoms with E-state index in [9.17, 15) is 28.1 Å². The van der Waals surface area contributed by atoms with E-state index in [1.807, 2.05) is 5.32 Å². The van der Waals surface area contributed by atoms with Gasteiger partial charge in [-0.05, 0) is 30.3 Å². The number of hydrogen-bond acceptors (Lipinski definition) is 4. The Balaban J connectivity index is 2.13. The van der Waals surface area contributed by atoms with E-state index in [1.54, 1.807) is 0 Å². The van der Waals surface area contributed by atoms with E-state index in [0.717, 1.165) is 12.1 Å². The third-order valence-corrected chi connectivity index (χ3v) is 3.51. The van der Waals surface area contributed by atoms with Crippen LogP contribution in [0.15, 0.2) is 36.4 Å². The summed E-state index contributed by atoms with van der Waals surface area (Å²) >= 11 is 11.2. The number of alkyl halides is 3. The minimum absolute atomic E-state index is 0.0875. The van der Waals surface area contributed by atoms with Crippen LogP contribution in [0.4, 0.5) is 24.5 Å². The molecule has 0 aliphatic carbocycles. The number of carbonyl (C=O) groups excluding carboxylic acids is 1. The van der Waals surface area contributed by atoms with Crippen molar-refractivity contribution in [1.29, 1.82) is 0 Å². The number of ether oxygens (including phenoxy) is 1. The summed E-state index contributed by atoms with van der Waals surface area (Å²) < 4.78 is 44.0. The summed E-state index contributed by atoms with van der Waals surface area (Å²) in [5, 5.41) is 12.9. The van der Waals surface area contributed by atoms with Crippen LogP contribution in [0.3, 0.4) is 0 Å². The van der Waals surface area contributed by atoms with Gasteiger partial charge >= 0.3 is 11.9 Å². The fraction of sp³-hybridized carbons (Fsp3) is 0.133. The monoisotopic (exact) mass is 408 g/mol. The van der Waals surface area contributed by atoms with Gasteiger partial charge in [-0.2, -0.15) is 13.2 Å². The van der Waals surface area contributed by atoms with E-state index in [4.69, 9.17) is 27.9 Å². The highest BCUT2D eigenvalue weighted by Crippen LogP contribution is 2.36. The average Bonchev–Trinajstić information content (AvgIpc) is 2.54. The molecule has 0 unspecified atom stereocenters. The lowest BCUT2D eigenvalue weighted by Crippen LogP contribution is -2.22. The van der Waals surface area contributed by atoms with E-state index >= 15 is 0 Å². The van der Waals surface area contributed by atoms with Gasteiger partial charge in [0, 0.05) is 16.1 Å². The highest BCUT2D eigenvalue weighted by molar-refractivity contribution is 6.31. The Morgan fingerprint density at radius 2 is 1.77 bits per heavy atom. The van der Waals surface area contributed by atoms with Crippen molar-refractivity contribution in [2.75, 3.05) is 11.9 Å². The molecule has 0 aromatic heterocycles. The summed E-state index contributed by atoms with van der Waals surface area (Å²) in [7, 11) is 0. The maximum atomic E-state index is 13.0. The lowest BCUT2D eigenvalue weighted by Gasteiger charge is -2.14. The molecule has 11 heteroatoms. The first-order chi connectivity index (χ1) is 12.1. The minimum atomic E-state index is -4.73. The first-order valence-corrected chi connectivity index (χ1v) is 7.57. The van der Waals surface area contributed by atoms with Gasteiger partial charge in [-0.1, -0.05) is 23.2 Å². The van der Waals surface area contributed by atoms with Crippen molar-refractivity contribution in [3.05, 3.63) is 62.1 Å². The number of nitro groups is 1. The second-order valence-corrected chi connectivity index (χ2v) is 5.77. The van der Waals surface area contributed by atoms with Gasteiger partial charge in [0.05, 0.1) is 16.2 Å². The molecule has 2 aromatic rings. The normalized spacial score (nSPS) is 11.1. The van der Waals surface area contributed by atoms with Gasteiger partial charge in [-0.25, -0.2) is 0 Å². The third kappa shape index (κ3) is 4.99. The Hall–Kier alpha value is -2.52. The second kappa shape index (κ2) is 7.79. The molecule has 2 rings (SSSR count). The molecule has 0 atom stereocenters. The highest BCUT2D eigenvalue weighted by atomic mass is 35.5. The number of rotatable bonds is 5. The number of halogens is 5. The fourth-order valence-corrected chi connectivity index (χ4v) is 2.28. The van der Waals surface area contributed by atoms with Crippen molar-refractivity contribution in [3.63, 3.8) is 0 Å². The molecule has 0 aliphatic rings. The van der Waals surface area contributed by atoms with E-state index in [-0.39, 0.29) is 15.8 Å². The van der Waals surface area contributed by atoms with E-state index in [1.165, 1.54) is 18.2 Å². The predicted octanol–water partition coefficient (Wildman–Crippen LogP) is 4.94. The van der Waals surface area contributed by atoms with Gasteiger partial charge in [0.1, 0.15) is 0 Å². The zero-order valence-corrected chi connectivity index (χ0v) is 14.2. The van der Waals surface area contributed by atoms with Gasteiger partial charge in [-0.15, -0.1) is 0 Å². The largest absolute Gasteiger partial charge is 0.477 e. The predicted molar refractivity (Wildman–Crippen MR) is 88.7 cm³/mol. The number of nitro benzene ring substituents is 1. The molecule has 0 bridgehead atoms. The first-order valence-electron chi connectivity index (χ1n) is 6.81. The van der Waals surface area contributed by atoms with Crippen LogP contribution in [-0.2, 0) is 11.0 Å². The molecular formula is C15H9Cl2F3N2O4. The summed E-state index contributed by atoms with van der Waals surface area (Å²) in [6.07, 6.45) is -4.73. The smallest absolute Gasteiger partial charge is 0.418 e. The molecule has 1 amide bonds. The van der Waals surface area contributed by atoms with Crippen LogP contribution < -0.4 is 10.1 Å². The molecule has 0 saturated heterocycles. The Morgan fingerprint density at radius 1 is 1.15 bits per heavy atom. The third-order valence-electron chi connectivity index (χ3n) is 3.04. The second-order valence-electron chi connectivity index (χ2n) is 4.89. The van der Waals surface area contributed by atoms with Crippen LogP contribution in [0.25, 0.3) is 0 Å². The van der Waals surface area contributed by atoms with Gasteiger partial charge < -0.3 is 10.1 Å². The number of amides is 1. The molecule has 1 N–H and O–H groups in total. The van der Waals surface area contributed by atoms with Crippen LogP contribution in [0.5, 0.6) is 5.75 Å². The molecular weight excluding hydrogens is 400 g/mol. The summed E-state index contributed by atoms with van der Waals surface area (Å²) in [6.45, 7) is -0.748. The van der Waals surface area contributed by atoms with E-state index in [2.05, 4.69) is 0 Å². The van der Waals surface area contributed by atoms with Gasteiger partial charge in [-0.3, -0.25) is 14.9 Å². The molecule has 138 valence electrons. The summed E-state index contributed by atoms with van der Waals surface area (Å²) in [5.41, 5.74) is -2.12. The number of benzene rings is 2. The van der Waals surface area contributed by atoms with E-state index < -0.39 is 40.6 Å². The van der Waals surface area contributed by atoms with Crippen molar-refractivity contribution < 1.29 is 27.6 Å². The van der Waals surface area contributed by atoms with Crippen molar-refractivity contribution in [3.8, 4) is 5.75 Å². The molecule has 0 heterocycles. The molecule has 0 spiro atoms. The van der Waals surface area contributed by atoms with Crippen molar-refractivity contribution in [1.82, 2.24) is 0 Å². The van der Waals surface area contributed by atoms with Crippen LogP contribution >= 0.6 is 23.2 Å². The van der Waals surface area contributed by atoms with Crippen LogP contribution in [0, 0.1) is 10.1 Å². The lowest BCUT2D eigenvalue weighted by atomic mass is 10.1. The topological polar surface area (TPSA) is 81.5 Å². The molecule has 0 aliphatic heterocycles.